The molecule has 0 aliphatic rings. The first-order chi connectivity index (χ1) is 14.0. The van der Waals surface area contributed by atoms with E-state index in [-0.39, 0.29) is 17.3 Å². The maximum Gasteiger partial charge on any atom is 0.316 e. The summed E-state index contributed by atoms with van der Waals surface area (Å²) in [4.78, 5) is 33.4. The molecule has 0 saturated carbocycles. The molecule has 2 aromatic heterocycles. The van der Waals surface area contributed by atoms with Crippen LogP contribution in [0.3, 0.4) is 0 Å². The van der Waals surface area contributed by atoms with Gasteiger partial charge in [-0.25, -0.2) is 4.98 Å². The number of thioether (sulfide) groups is 1. The SMILES string of the molecule is CCOC(=O)CSc1nc2c([nH]c3ccccc32)c(=O)n1-c1cccc(C)c1C. The minimum Gasteiger partial charge on any atom is -0.465 e. The highest BCUT2D eigenvalue weighted by Gasteiger charge is 2.19. The fourth-order valence-electron chi connectivity index (χ4n) is 3.36. The zero-order valence-corrected chi connectivity index (χ0v) is 17.3. The Balaban J connectivity index is 1.98. The Morgan fingerprint density at radius 3 is 2.76 bits per heavy atom. The lowest BCUT2D eigenvalue weighted by Gasteiger charge is -2.15. The molecule has 148 valence electrons. The Kier molecular flexibility index (Phi) is 5.15. The van der Waals surface area contributed by atoms with Gasteiger partial charge in [0.25, 0.3) is 5.56 Å². The van der Waals surface area contributed by atoms with Gasteiger partial charge in [-0.3, -0.25) is 14.2 Å². The van der Waals surface area contributed by atoms with E-state index in [1.165, 1.54) is 11.8 Å². The molecule has 1 N–H and O–H groups in total. The second kappa shape index (κ2) is 7.75. The minimum atomic E-state index is -0.335. The molecule has 0 aliphatic heterocycles. The number of benzene rings is 2. The van der Waals surface area contributed by atoms with Crippen LogP contribution in [0.1, 0.15) is 18.1 Å². The van der Waals surface area contributed by atoms with E-state index in [0.717, 1.165) is 27.7 Å². The number of carbonyl (C=O) groups excluding carboxylic acids is 1. The van der Waals surface area contributed by atoms with Crippen molar-refractivity contribution in [1.29, 1.82) is 0 Å². The van der Waals surface area contributed by atoms with Crippen molar-refractivity contribution < 1.29 is 9.53 Å². The molecule has 2 heterocycles. The molecule has 0 aliphatic carbocycles. The van der Waals surface area contributed by atoms with Crippen LogP contribution in [-0.2, 0) is 9.53 Å². The molecule has 0 bridgehead atoms. The number of hydrogen-bond acceptors (Lipinski definition) is 5. The van der Waals surface area contributed by atoms with E-state index >= 15 is 0 Å². The zero-order chi connectivity index (χ0) is 20.5. The van der Waals surface area contributed by atoms with E-state index in [1.807, 2.05) is 56.3 Å². The van der Waals surface area contributed by atoms with Crippen LogP contribution in [0.15, 0.2) is 52.4 Å². The third-order valence-corrected chi connectivity index (χ3v) is 5.85. The van der Waals surface area contributed by atoms with Gasteiger partial charge in [0, 0.05) is 10.9 Å². The lowest BCUT2D eigenvalue weighted by Crippen LogP contribution is -2.23. The molecule has 0 unspecified atom stereocenters. The fraction of sp³-hybridized carbons (Fsp3) is 0.227. The molecule has 2 aromatic carbocycles. The topological polar surface area (TPSA) is 77.0 Å². The van der Waals surface area contributed by atoms with Crippen molar-refractivity contribution in [3.05, 3.63) is 63.9 Å². The quantitative estimate of drug-likeness (QED) is 0.306. The van der Waals surface area contributed by atoms with Crippen molar-refractivity contribution in [3.8, 4) is 5.69 Å². The number of esters is 1. The van der Waals surface area contributed by atoms with E-state index in [2.05, 4.69) is 4.98 Å². The molecule has 0 saturated heterocycles. The molecular formula is C22H21N3O3S. The predicted octanol–water partition coefficient (Wildman–Crippen LogP) is 4.14. The average Bonchev–Trinajstić information content (AvgIpc) is 3.08. The maximum atomic E-state index is 13.5. The Morgan fingerprint density at radius 2 is 1.97 bits per heavy atom. The van der Waals surface area contributed by atoms with Gasteiger partial charge in [0.15, 0.2) is 5.16 Å². The number of aromatic amines is 1. The summed E-state index contributed by atoms with van der Waals surface area (Å²) in [5.41, 5.74) is 4.55. The number of hydrogen-bond donors (Lipinski definition) is 1. The molecule has 0 spiro atoms. The summed E-state index contributed by atoms with van der Waals surface area (Å²) in [6, 6.07) is 13.5. The highest BCUT2D eigenvalue weighted by atomic mass is 32.2. The summed E-state index contributed by atoms with van der Waals surface area (Å²) in [6.45, 7) is 6.07. The molecule has 4 rings (SSSR count). The van der Waals surface area contributed by atoms with Gasteiger partial charge in [0.2, 0.25) is 0 Å². The van der Waals surface area contributed by atoms with Crippen molar-refractivity contribution in [3.63, 3.8) is 0 Å². The van der Waals surface area contributed by atoms with Gasteiger partial charge < -0.3 is 9.72 Å². The molecule has 4 aromatic rings. The van der Waals surface area contributed by atoms with Crippen molar-refractivity contribution in [2.75, 3.05) is 12.4 Å². The van der Waals surface area contributed by atoms with Crippen LogP contribution in [-0.4, -0.2) is 32.9 Å². The van der Waals surface area contributed by atoms with Crippen LogP contribution in [0.5, 0.6) is 0 Å². The van der Waals surface area contributed by atoms with E-state index in [0.29, 0.717) is 22.8 Å². The standard InChI is InChI=1S/C22H21N3O3S/c1-4-28-18(26)12-29-22-24-19-15-9-5-6-10-16(15)23-20(19)21(27)25(22)17-11-7-8-13(2)14(17)3/h5-11,23H,4,12H2,1-3H3. The summed E-state index contributed by atoms with van der Waals surface area (Å²) in [6.07, 6.45) is 0. The molecule has 6 nitrogen and oxygen atoms in total. The fourth-order valence-corrected chi connectivity index (χ4v) is 4.15. The van der Waals surface area contributed by atoms with Crippen LogP contribution in [0, 0.1) is 13.8 Å². The monoisotopic (exact) mass is 407 g/mol. The molecule has 29 heavy (non-hydrogen) atoms. The van der Waals surface area contributed by atoms with Crippen LogP contribution in [0.25, 0.3) is 27.6 Å². The second-order valence-corrected chi connectivity index (χ2v) is 7.68. The lowest BCUT2D eigenvalue weighted by molar-refractivity contribution is -0.139. The summed E-state index contributed by atoms with van der Waals surface area (Å²) in [5, 5.41) is 1.35. The number of nitrogens with zero attached hydrogens (tertiary/aromatic N) is 2. The smallest absolute Gasteiger partial charge is 0.316 e. The van der Waals surface area contributed by atoms with Crippen LogP contribution < -0.4 is 5.56 Å². The molecule has 0 amide bonds. The Morgan fingerprint density at radius 1 is 1.17 bits per heavy atom. The number of H-pyrrole nitrogens is 1. The minimum absolute atomic E-state index is 0.0823. The number of fused-ring (bicyclic) bond motifs is 3. The predicted molar refractivity (Wildman–Crippen MR) is 116 cm³/mol. The first-order valence-corrected chi connectivity index (χ1v) is 10.4. The third-order valence-electron chi connectivity index (χ3n) is 4.94. The van der Waals surface area contributed by atoms with E-state index in [9.17, 15) is 9.59 Å². The Hall–Kier alpha value is -3.06. The third kappa shape index (κ3) is 3.42. The van der Waals surface area contributed by atoms with Gasteiger partial charge in [0.1, 0.15) is 11.0 Å². The zero-order valence-electron chi connectivity index (χ0n) is 16.5. The van der Waals surface area contributed by atoms with E-state index < -0.39 is 0 Å². The van der Waals surface area contributed by atoms with Gasteiger partial charge in [-0.15, -0.1) is 0 Å². The number of para-hydroxylation sites is 1. The summed E-state index contributed by atoms with van der Waals surface area (Å²) < 4.78 is 6.63. The number of aromatic nitrogens is 3. The number of nitrogens with one attached hydrogen (secondary N) is 1. The number of carbonyl (C=O) groups is 1. The molecular weight excluding hydrogens is 386 g/mol. The van der Waals surface area contributed by atoms with Crippen LogP contribution >= 0.6 is 11.8 Å². The lowest BCUT2D eigenvalue weighted by atomic mass is 10.1. The number of ether oxygens (including phenoxy) is 1. The Labute approximate surface area is 171 Å². The van der Waals surface area contributed by atoms with Gasteiger partial charge in [0.05, 0.1) is 18.0 Å². The Bertz CT molecular complexity index is 1290. The highest BCUT2D eigenvalue weighted by molar-refractivity contribution is 7.99. The van der Waals surface area contributed by atoms with Crippen molar-refractivity contribution in [2.45, 2.75) is 25.9 Å². The van der Waals surface area contributed by atoms with Gasteiger partial charge in [-0.2, -0.15) is 0 Å². The van der Waals surface area contributed by atoms with Crippen LogP contribution in [0.2, 0.25) is 0 Å². The summed E-state index contributed by atoms with van der Waals surface area (Å²) in [7, 11) is 0. The van der Waals surface area contributed by atoms with Crippen molar-refractivity contribution in [1.82, 2.24) is 14.5 Å². The van der Waals surface area contributed by atoms with Gasteiger partial charge in [-0.1, -0.05) is 42.1 Å². The molecule has 0 fully saturated rings. The van der Waals surface area contributed by atoms with Gasteiger partial charge >= 0.3 is 5.97 Å². The van der Waals surface area contributed by atoms with Gasteiger partial charge in [-0.05, 0) is 44.0 Å². The second-order valence-electron chi connectivity index (χ2n) is 6.74. The highest BCUT2D eigenvalue weighted by Crippen LogP contribution is 2.27. The van der Waals surface area contributed by atoms with E-state index in [4.69, 9.17) is 9.72 Å². The molecule has 0 atom stereocenters. The summed E-state index contributed by atoms with van der Waals surface area (Å²) in [5.74, 6) is -0.253. The molecule has 7 heteroatoms. The molecule has 0 radical (unpaired) electrons. The van der Waals surface area contributed by atoms with Crippen molar-refractivity contribution >= 4 is 39.7 Å². The average molecular weight is 407 g/mol. The van der Waals surface area contributed by atoms with Crippen LogP contribution in [0.4, 0.5) is 0 Å². The largest absolute Gasteiger partial charge is 0.465 e. The number of rotatable bonds is 5. The summed E-state index contributed by atoms with van der Waals surface area (Å²) >= 11 is 1.21. The first kappa shape index (κ1) is 19.3. The normalized spacial score (nSPS) is 11.3. The first-order valence-electron chi connectivity index (χ1n) is 9.39. The van der Waals surface area contributed by atoms with E-state index in [1.54, 1.807) is 11.5 Å². The maximum absolute atomic E-state index is 13.5. The number of aryl methyl sites for hydroxylation is 1. The van der Waals surface area contributed by atoms with Crippen molar-refractivity contribution in [2.24, 2.45) is 0 Å².